The number of carbonyl (C=O) groups excluding carboxylic acids is 1. The summed E-state index contributed by atoms with van der Waals surface area (Å²) in [5.41, 5.74) is 3.08. The second-order valence-electron chi connectivity index (χ2n) is 9.04. The first-order valence-corrected chi connectivity index (χ1v) is 10.4. The number of carbonyl (C=O) groups is 1. The van der Waals surface area contributed by atoms with E-state index in [0.717, 1.165) is 29.9 Å². The summed E-state index contributed by atoms with van der Waals surface area (Å²) in [5, 5.41) is 2.97. The van der Waals surface area contributed by atoms with Crippen LogP contribution in [0.25, 0.3) is 0 Å². The molecule has 1 aliphatic heterocycles. The zero-order valence-electron chi connectivity index (χ0n) is 18.5. The fraction of sp³-hybridized carbons (Fsp3) is 0.522. The maximum Gasteiger partial charge on any atom is 0.225 e. The molecule has 1 aromatic heterocycles. The summed E-state index contributed by atoms with van der Waals surface area (Å²) in [7, 11) is 0. The molecular weight excluding hydrogens is 383 g/mol. The van der Waals surface area contributed by atoms with E-state index in [-0.39, 0.29) is 23.2 Å². The average Bonchev–Trinajstić information content (AvgIpc) is 2.90. The highest BCUT2D eigenvalue weighted by Crippen LogP contribution is 2.27. The molecule has 1 aliphatic rings. The monoisotopic (exact) mass is 414 g/mol. The molecule has 0 spiro atoms. The van der Waals surface area contributed by atoms with Crippen molar-refractivity contribution in [3.63, 3.8) is 0 Å². The second kappa shape index (κ2) is 9.08. The zero-order chi connectivity index (χ0) is 21.9. The Morgan fingerprint density at radius 2 is 1.80 bits per heavy atom. The van der Waals surface area contributed by atoms with Gasteiger partial charge in [0.1, 0.15) is 5.82 Å². The smallest absolute Gasteiger partial charge is 0.225 e. The van der Waals surface area contributed by atoms with Gasteiger partial charge in [0, 0.05) is 19.5 Å². The van der Waals surface area contributed by atoms with E-state index in [1.807, 2.05) is 34.6 Å². The van der Waals surface area contributed by atoms with Crippen LogP contribution in [0, 0.1) is 25.1 Å². The van der Waals surface area contributed by atoms with E-state index < -0.39 is 0 Å². The SMILES string of the molecule is Cc1nc(N2CCOC(c3ccc(F)cc3)CC2)nc(C)c1NC(=O)CC(C)(C)C. The predicted molar refractivity (Wildman–Crippen MR) is 116 cm³/mol. The number of aromatic nitrogens is 2. The van der Waals surface area contributed by atoms with Gasteiger partial charge < -0.3 is 15.0 Å². The van der Waals surface area contributed by atoms with Crippen LogP contribution in [0.15, 0.2) is 24.3 Å². The van der Waals surface area contributed by atoms with Gasteiger partial charge in [0.15, 0.2) is 0 Å². The number of nitrogens with zero attached hydrogens (tertiary/aromatic N) is 3. The number of aryl methyl sites for hydroxylation is 2. The van der Waals surface area contributed by atoms with Crippen molar-refractivity contribution >= 4 is 17.5 Å². The van der Waals surface area contributed by atoms with Crippen molar-refractivity contribution in [1.29, 1.82) is 0 Å². The molecule has 1 amide bonds. The number of rotatable bonds is 4. The van der Waals surface area contributed by atoms with Gasteiger partial charge in [-0.2, -0.15) is 0 Å². The summed E-state index contributed by atoms with van der Waals surface area (Å²) in [4.78, 5) is 23.7. The number of anilines is 2. The van der Waals surface area contributed by atoms with Crippen LogP contribution in [0.3, 0.4) is 0 Å². The standard InChI is InChI=1S/C23H31FN4O2/c1-15-21(27-20(29)14-23(3,4)5)16(2)26-22(25-15)28-11-10-19(30-13-12-28)17-6-8-18(24)9-7-17/h6-9,19H,10-14H2,1-5H3,(H,27,29). The normalized spacial score (nSPS) is 17.5. The summed E-state index contributed by atoms with van der Waals surface area (Å²) >= 11 is 0. The van der Waals surface area contributed by atoms with Crippen LogP contribution in [-0.2, 0) is 9.53 Å². The van der Waals surface area contributed by atoms with Crippen LogP contribution in [0.5, 0.6) is 0 Å². The maximum absolute atomic E-state index is 13.2. The molecule has 1 N–H and O–H groups in total. The van der Waals surface area contributed by atoms with Crippen LogP contribution >= 0.6 is 0 Å². The maximum atomic E-state index is 13.2. The number of halogens is 1. The van der Waals surface area contributed by atoms with E-state index in [4.69, 9.17) is 4.74 Å². The Labute approximate surface area is 177 Å². The third-order valence-corrected chi connectivity index (χ3v) is 5.08. The largest absolute Gasteiger partial charge is 0.372 e. The molecule has 30 heavy (non-hydrogen) atoms. The molecule has 1 aromatic carbocycles. The minimum absolute atomic E-state index is 0.0321. The van der Waals surface area contributed by atoms with E-state index >= 15 is 0 Å². The van der Waals surface area contributed by atoms with Gasteiger partial charge in [0.05, 0.1) is 29.8 Å². The van der Waals surface area contributed by atoms with Crippen LogP contribution < -0.4 is 10.2 Å². The first-order chi connectivity index (χ1) is 14.1. The molecule has 0 radical (unpaired) electrons. The van der Waals surface area contributed by atoms with Gasteiger partial charge in [-0.1, -0.05) is 32.9 Å². The number of ether oxygens (including phenoxy) is 1. The Morgan fingerprint density at radius 1 is 1.17 bits per heavy atom. The molecule has 6 nitrogen and oxygen atoms in total. The molecular formula is C23H31FN4O2. The lowest BCUT2D eigenvalue weighted by Crippen LogP contribution is -2.29. The highest BCUT2D eigenvalue weighted by molar-refractivity contribution is 5.92. The Kier molecular flexibility index (Phi) is 6.71. The summed E-state index contributed by atoms with van der Waals surface area (Å²) < 4.78 is 19.2. The van der Waals surface area contributed by atoms with Crippen LogP contribution in [0.4, 0.5) is 16.0 Å². The van der Waals surface area contributed by atoms with Gasteiger partial charge in [0.25, 0.3) is 0 Å². The molecule has 3 rings (SSSR count). The van der Waals surface area contributed by atoms with Gasteiger partial charge in [-0.05, 0) is 43.4 Å². The lowest BCUT2D eigenvalue weighted by atomic mass is 9.92. The topological polar surface area (TPSA) is 67.3 Å². The Morgan fingerprint density at radius 3 is 2.40 bits per heavy atom. The fourth-order valence-corrected chi connectivity index (χ4v) is 3.60. The van der Waals surface area contributed by atoms with E-state index in [1.165, 1.54) is 12.1 Å². The number of nitrogens with one attached hydrogen (secondary N) is 1. The van der Waals surface area contributed by atoms with Crippen LogP contribution in [-0.4, -0.2) is 35.6 Å². The van der Waals surface area contributed by atoms with Crippen molar-refractivity contribution in [2.75, 3.05) is 29.9 Å². The fourth-order valence-electron chi connectivity index (χ4n) is 3.60. The number of hydrogen-bond donors (Lipinski definition) is 1. The number of amides is 1. The van der Waals surface area contributed by atoms with Gasteiger partial charge in [-0.25, -0.2) is 14.4 Å². The highest BCUT2D eigenvalue weighted by Gasteiger charge is 2.23. The highest BCUT2D eigenvalue weighted by atomic mass is 19.1. The molecule has 1 atom stereocenters. The van der Waals surface area contributed by atoms with Crippen molar-refractivity contribution in [3.8, 4) is 0 Å². The third-order valence-electron chi connectivity index (χ3n) is 5.08. The first kappa shape index (κ1) is 22.2. The Balaban J connectivity index is 1.70. The van der Waals surface area contributed by atoms with Crippen molar-refractivity contribution in [2.24, 2.45) is 5.41 Å². The number of benzene rings is 1. The van der Waals surface area contributed by atoms with E-state index in [1.54, 1.807) is 12.1 Å². The first-order valence-electron chi connectivity index (χ1n) is 10.4. The predicted octanol–water partition coefficient (Wildman–Crippen LogP) is 4.58. The van der Waals surface area contributed by atoms with Crippen molar-refractivity contribution < 1.29 is 13.9 Å². The van der Waals surface area contributed by atoms with Gasteiger partial charge in [-0.15, -0.1) is 0 Å². The molecule has 1 saturated heterocycles. The molecule has 2 heterocycles. The van der Waals surface area contributed by atoms with Crippen molar-refractivity contribution in [3.05, 3.63) is 47.0 Å². The van der Waals surface area contributed by atoms with Crippen LogP contribution in [0.1, 0.15) is 56.7 Å². The molecule has 1 unspecified atom stereocenters. The molecule has 2 aromatic rings. The molecule has 0 bridgehead atoms. The van der Waals surface area contributed by atoms with Gasteiger partial charge >= 0.3 is 0 Å². The third kappa shape index (κ3) is 5.75. The number of hydrogen-bond acceptors (Lipinski definition) is 5. The van der Waals surface area contributed by atoms with E-state index in [9.17, 15) is 9.18 Å². The van der Waals surface area contributed by atoms with E-state index in [0.29, 0.717) is 31.2 Å². The van der Waals surface area contributed by atoms with Crippen LogP contribution in [0.2, 0.25) is 0 Å². The molecule has 7 heteroatoms. The Bertz CT molecular complexity index is 870. The van der Waals surface area contributed by atoms with Gasteiger partial charge in [0.2, 0.25) is 11.9 Å². The Hall–Kier alpha value is -2.54. The van der Waals surface area contributed by atoms with Crippen molar-refractivity contribution in [2.45, 2.75) is 53.6 Å². The summed E-state index contributed by atoms with van der Waals surface area (Å²) in [6, 6.07) is 6.47. The van der Waals surface area contributed by atoms with Gasteiger partial charge in [-0.3, -0.25) is 4.79 Å². The molecule has 1 fully saturated rings. The quantitative estimate of drug-likeness (QED) is 0.793. The summed E-state index contributed by atoms with van der Waals surface area (Å²) in [6.45, 7) is 11.8. The molecule has 0 saturated carbocycles. The average molecular weight is 415 g/mol. The summed E-state index contributed by atoms with van der Waals surface area (Å²) in [5.74, 6) is 0.362. The lowest BCUT2D eigenvalue weighted by Gasteiger charge is -2.22. The minimum atomic E-state index is -0.247. The van der Waals surface area contributed by atoms with E-state index in [2.05, 4.69) is 20.2 Å². The molecule has 162 valence electrons. The minimum Gasteiger partial charge on any atom is -0.372 e. The second-order valence-corrected chi connectivity index (χ2v) is 9.04. The lowest BCUT2D eigenvalue weighted by molar-refractivity contribution is -0.117. The summed E-state index contributed by atoms with van der Waals surface area (Å²) in [6.07, 6.45) is 1.12. The zero-order valence-corrected chi connectivity index (χ0v) is 18.5. The van der Waals surface area contributed by atoms with Crippen molar-refractivity contribution in [1.82, 2.24) is 9.97 Å². The molecule has 0 aliphatic carbocycles.